The van der Waals surface area contributed by atoms with Crippen LogP contribution in [0.4, 0.5) is 5.82 Å². The number of aromatic nitrogens is 1. The van der Waals surface area contributed by atoms with Crippen molar-refractivity contribution in [3.63, 3.8) is 0 Å². The molecular weight excluding hydrogens is 324 g/mol. The SMILES string of the molecule is Cc1cccc(OCC(O)CN(Cc2ccccc2)c2ccccn2)c1. The Balaban J connectivity index is 1.64. The Hall–Kier alpha value is -2.85. The van der Waals surface area contributed by atoms with E-state index in [4.69, 9.17) is 4.74 Å². The fourth-order valence-electron chi connectivity index (χ4n) is 2.79. The van der Waals surface area contributed by atoms with Crippen LogP contribution in [0.3, 0.4) is 0 Å². The fourth-order valence-corrected chi connectivity index (χ4v) is 2.79. The molecule has 26 heavy (non-hydrogen) atoms. The molecule has 1 heterocycles. The van der Waals surface area contributed by atoms with Crippen molar-refractivity contribution in [2.24, 2.45) is 0 Å². The van der Waals surface area contributed by atoms with Gasteiger partial charge in [-0.15, -0.1) is 0 Å². The van der Waals surface area contributed by atoms with E-state index in [1.807, 2.05) is 67.6 Å². The van der Waals surface area contributed by atoms with Crippen LogP contribution in [0.5, 0.6) is 5.75 Å². The molecule has 4 heteroatoms. The molecule has 1 atom stereocenters. The molecule has 0 aliphatic heterocycles. The third kappa shape index (κ3) is 5.33. The summed E-state index contributed by atoms with van der Waals surface area (Å²) in [6.07, 6.45) is 1.14. The summed E-state index contributed by atoms with van der Waals surface area (Å²) in [5.41, 5.74) is 2.31. The van der Waals surface area contributed by atoms with E-state index in [1.165, 1.54) is 5.56 Å². The van der Waals surface area contributed by atoms with Crippen molar-refractivity contribution in [1.82, 2.24) is 4.98 Å². The number of aliphatic hydroxyl groups excluding tert-OH is 1. The fraction of sp³-hybridized carbons (Fsp3) is 0.227. The summed E-state index contributed by atoms with van der Waals surface area (Å²) in [7, 11) is 0. The molecule has 0 spiro atoms. The molecule has 0 amide bonds. The molecule has 3 aromatic rings. The average molecular weight is 348 g/mol. The van der Waals surface area contributed by atoms with Crippen LogP contribution in [0.25, 0.3) is 0 Å². The van der Waals surface area contributed by atoms with Crippen LogP contribution >= 0.6 is 0 Å². The summed E-state index contributed by atoms with van der Waals surface area (Å²) < 4.78 is 5.74. The Morgan fingerprint density at radius 1 is 1.00 bits per heavy atom. The number of nitrogens with zero attached hydrogens (tertiary/aromatic N) is 2. The van der Waals surface area contributed by atoms with Gasteiger partial charge < -0.3 is 14.7 Å². The van der Waals surface area contributed by atoms with Crippen molar-refractivity contribution >= 4 is 5.82 Å². The highest BCUT2D eigenvalue weighted by Gasteiger charge is 2.15. The molecule has 1 N–H and O–H groups in total. The van der Waals surface area contributed by atoms with E-state index in [1.54, 1.807) is 6.20 Å². The zero-order valence-electron chi connectivity index (χ0n) is 15.0. The smallest absolute Gasteiger partial charge is 0.128 e. The first-order valence-corrected chi connectivity index (χ1v) is 8.78. The molecule has 2 aromatic carbocycles. The third-order valence-electron chi connectivity index (χ3n) is 4.05. The topological polar surface area (TPSA) is 45.6 Å². The van der Waals surface area contributed by atoms with Gasteiger partial charge in [-0.3, -0.25) is 0 Å². The minimum absolute atomic E-state index is 0.238. The van der Waals surface area contributed by atoms with Gasteiger partial charge in [-0.05, 0) is 42.3 Å². The highest BCUT2D eigenvalue weighted by atomic mass is 16.5. The monoisotopic (exact) mass is 348 g/mol. The molecule has 134 valence electrons. The van der Waals surface area contributed by atoms with Crippen LogP contribution in [-0.2, 0) is 6.54 Å². The molecule has 0 saturated heterocycles. The molecule has 0 fully saturated rings. The molecular formula is C22H24N2O2. The largest absolute Gasteiger partial charge is 0.491 e. The number of anilines is 1. The van der Waals surface area contributed by atoms with Crippen LogP contribution in [0.15, 0.2) is 79.0 Å². The maximum absolute atomic E-state index is 10.5. The number of hydrogen-bond acceptors (Lipinski definition) is 4. The number of benzene rings is 2. The third-order valence-corrected chi connectivity index (χ3v) is 4.05. The van der Waals surface area contributed by atoms with Crippen LogP contribution in [0.2, 0.25) is 0 Å². The van der Waals surface area contributed by atoms with Gasteiger partial charge in [0.2, 0.25) is 0 Å². The van der Waals surface area contributed by atoms with Crippen molar-refractivity contribution in [3.8, 4) is 5.75 Å². The standard InChI is InChI=1S/C22H24N2O2/c1-18-8-7-11-21(14-18)26-17-20(25)16-24(22-12-5-6-13-23-22)15-19-9-3-2-4-10-19/h2-14,20,25H,15-17H2,1H3. The lowest BCUT2D eigenvalue weighted by molar-refractivity contribution is 0.111. The van der Waals surface area contributed by atoms with Gasteiger partial charge in [-0.1, -0.05) is 48.5 Å². The number of rotatable bonds is 8. The zero-order valence-corrected chi connectivity index (χ0v) is 15.0. The highest BCUT2D eigenvalue weighted by molar-refractivity contribution is 5.39. The average Bonchev–Trinajstić information content (AvgIpc) is 2.67. The van der Waals surface area contributed by atoms with Crippen molar-refractivity contribution in [2.75, 3.05) is 18.1 Å². The van der Waals surface area contributed by atoms with Crippen molar-refractivity contribution in [1.29, 1.82) is 0 Å². The minimum atomic E-state index is -0.624. The number of ether oxygens (including phenoxy) is 1. The lowest BCUT2D eigenvalue weighted by atomic mass is 10.2. The van der Waals surface area contributed by atoms with Gasteiger partial charge in [0.05, 0.1) is 0 Å². The van der Waals surface area contributed by atoms with Crippen molar-refractivity contribution in [3.05, 3.63) is 90.1 Å². The molecule has 0 aliphatic carbocycles. The van der Waals surface area contributed by atoms with Gasteiger partial charge in [0, 0.05) is 19.3 Å². The lowest BCUT2D eigenvalue weighted by Gasteiger charge is -2.26. The second kappa shape index (κ2) is 9.02. The van der Waals surface area contributed by atoms with Gasteiger partial charge >= 0.3 is 0 Å². The highest BCUT2D eigenvalue weighted by Crippen LogP contribution is 2.16. The van der Waals surface area contributed by atoms with Gasteiger partial charge in [0.1, 0.15) is 24.3 Å². The number of pyridine rings is 1. The normalized spacial score (nSPS) is 11.8. The van der Waals surface area contributed by atoms with Gasteiger partial charge in [-0.25, -0.2) is 4.98 Å². The molecule has 1 unspecified atom stereocenters. The summed E-state index contributed by atoms with van der Waals surface area (Å²) >= 11 is 0. The van der Waals surface area contributed by atoms with Crippen molar-refractivity contribution in [2.45, 2.75) is 19.6 Å². The Bertz CT molecular complexity index is 794. The summed E-state index contributed by atoms with van der Waals surface area (Å²) in [6, 6.07) is 23.8. The summed E-state index contributed by atoms with van der Waals surface area (Å²) in [6.45, 7) is 3.38. The van der Waals surface area contributed by atoms with Crippen LogP contribution < -0.4 is 9.64 Å². The second-order valence-electron chi connectivity index (χ2n) is 6.34. The first kappa shape index (κ1) is 18.0. The van der Waals surface area contributed by atoms with Gasteiger partial charge in [0.25, 0.3) is 0 Å². The van der Waals surface area contributed by atoms with Crippen LogP contribution in [0, 0.1) is 6.92 Å². The summed E-state index contributed by atoms with van der Waals surface area (Å²) in [4.78, 5) is 6.50. The van der Waals surface area contributed by atoms with E-state index in [-0.39, 0.29) is 6.61 Å². The number of hydrogen-bond donors (Lipinski definition) is 1. The van der Waals surface area contributed by atoms with Gasteiger partial charge in [-0.2, -0.15) is 0 Å². The quantitative estimate of drug-likeness (QED) is 0.672. The molecule has 0 radical (unpaired) electrons. The number of aryl methyl sites for hydroxylation is 1. The lowest BCUT2D eigenvalue weighted by Crippen LogP contribution is -2.35. The maximum Gasteiger partial charge on any atom is 0.128 e. The Labute approximate surface area is 154 Å². The van der Waals surface area contributed by atoms with Crippen molar-refractivity contribution < 1.29 is 9.84 Å². The molecule has 4 nitrogen and oxygen atoms in total. The Morgan fingerprint density at radius 3 is 2.54 bits per heavy atom. The van der Waals surface area contributed by atoms with Crippen LogP contribution in [0.1, 0.15) is 11.1 Å². The molecule has 0 aliphatic rings. The molecule has 0 bridgehead atoms. The summed E-state index contributed by atoms with van der Waals surface area (Å²) in [5.74, 6) is 1.61. The maximum atomic E-state index is 10.5. The predicted molar refractivity (Wildman–Crippen MR) is 104 cm³/mol. The zero-order chi connectivity index (χ0) is 18.2. The molecule has 0 saturated carbocycles. The molecule has 3 rings (SSSR count). The van der Waals surface area contributed by atoms with E-state index < -0.39 is 6.10 Å². The van der Waals surface area contributed by atoms with Crippen LogP contribution in [-0.4, -0.2) is 29.3 Å². The Morgan fingerprint density at radius 2 is 1.81 bits per heavy atom. The molecule has 1 aromatic heterocycles. The first-order valence-electron chi connectivity index (χ1n) is 8.78. The van der Waals surface area contributed by atoms with E-state index in [0.29, 0.717) is 13.1 Å². The van der Waals surface area contributed by atoms with Gasteiger partial charge in [0.15, 0.2) is 0 Å². The minimum Gasteiger partial charge on any atom is -0.491 e. The first-order chi connectivity index (χ1) is 12.7. The summed E-state index contributed by atoms with van der Waals surface area (Å²) in [5, 5.41) is 10.5. The number of aliphatic hydroxyl groups is 1. The van der Waals surface area contributed by atoms with E-state index in [9.17, 15) is 5.11 Å². The predicted octanol–water partition coefficient (Wildman–Crippen LogP) is 3.84. The van der Waals surface area contributed by atoms with E-state index in [2.05, 4.69) is 22.0 Å². The van der Waals surface area contributed by atoms with E-state index in [0.717, 1.165) is 17.1 Å². The van der Waals surface area contributed by atoms with E-state index >= 15 is 0 Å². The Kier molecular flexibility index (Phi) is 6.23. The second-order valence-corrected chi connectivity index (χ2v) is 6.34.